The van der Waals surface area contributed by atoms with Gasteiger partial charge in [-0.1, -0.05) is 24.6 Å². The molecule has 2 aromatic rings. The highest BCUT2D eigenvalue weighted by Gasteiger charge is 2.23. The van der Waals surface area contributed by atoms with Crippen LogP contribution in [0.15, 0.2) is 23.7 Å². The molecule has 0 fully saturated rings. The first-order valence-electron chi connectivity index (χ1n) is 6.14. The summed E-state index contributed by atoms with van der Waals surface area (Å²) >= 11 is 8.05. The zero-order valence-electron chi connectivity index (χ0n) is 10.9. The van der Waals surface area contributed by atoms with E-state index in [1.807, 2.05) is 4.68 Å². The number of hydrogen-bond donors (Lipinski definition) is 1. The minimum atomic E-state index is 0.118. The second-order valence-corrected chi connectivity index (χ2v) is 5.81. The van der Waals surface area contributed by atoms with Gasteiger partial charge in [0.05, 0.1) is 23.0 Å². The van der Waals surface area contributed by atoms with Gasteiger partial charge in [0, 0.05) is 10.9 Å². The molecular weight excluding hydrogens is 266 g/mol. The molecule has 2 aromatic heterocycles. The Balaban J connectivity index is 2.45. The van der Waals surface area contributed by atoms with Crippen molar-refractivity contribution in [3.63, 3.8) is 0 Å². The van der Waals surface area contributed by atoms with Crippen LogP contribution in [-0.2, 0) is 0 Å². The second-order valence-electron chi connectivity index (χ2n) is 4.42. The van der Waals surface area contributed by atoms with E-state index in [2.05, 4.69) is 48.7 Å². The summed E-state index contributed by atoms with van der Waals surface area (Å²) in [7, 11) is 0. The Hall–Kier alpha value is -0.840. The van der Waals surface area contributed by atoms with Crippen LogP contribution in [0.4, 0.5) is 0 Å². The molecule has 2 rings (SSSR count). The van der Waals surface area contributed by atoms with Crippen LogP contribution in [0.3, 0.4) is 0 Å². The highest BCUT2D eigenvalue weighted by molar-refractivity contribution is 7.10. The van der Waals surface area contributed by atoms with Crippen LogP contribution < -0.4 is 5.32 Å². The van der Waals surface area contributed by atoms with Crippen molar-refractivity contribution in [1.29, 1.82) is 0 Å². The van der Waals surface area contributed by atoms with E-state index in [0.717, 1.165) is 17.3 Å². The highest BCUT2D eigenvalue weighted by Crippen LogP contribution is 2.32. The lowest BCUT2D eigenvalue weighted by atomic mass is 10.1. The number of aromatic nitrogens is 2. The quantitative estimate of drug-likeness (QED) is 0.902. The molecule has 18 heavy (non-hydrogen) atoms. The summed E-state index contributed by atoms with van der Waals surface area (Å²) in [6.07, 6.45) is 1.73. The van der Waals surface area contributed by atoms with Crippen LogP contribution >= 0.6 is 22.9 Å². The third kappa shape index (κ3) is 2.60. The summed E-state index contributed by atoms with van der Waals surface area (Å²) in [5.41, 5.74) is 1.05. The van der Waals surface area contributed by atoms with E-state index < -0.39 is 0 Å². The third-order valence-electron chi connectivity index (χ3n) is 2.79. The molecule has 0 aliphatic carbocycles. The van der Waals surface area contributed by atoms with Crippen molar-refractivity contribution in [3.05, 3.63) is 39.3 Å². The maximum Gasteiger partial charge on any atom is 0.0857 e. The van der Waals surface area contributed by atoms with Crippen LogP contribution in [0.1, 0.15) is 43.4 Å². The molecule has 0 amide bonds. The normalized spacial score (nSPS) is 13.2. The first-order chi connectivity index (χ1) is 8.65. The first-order valence-corrected chi connectivity index (χ1v) is 7.40. The monoisotopic (exact) mass is 283 g/mol. The van der Waals surface area contributed by atoms with E-state index in [1.54, 1.807) is 17.5 Å². The molecular formula is C13H18ClN3S. The lowest BCUT2D eigenvalue weighted by molar-refractivity contribution is 0.478. The van der Waals surface area contributed by atoms with E-state index in [4.69, 9.17) is 11.6 Å². The number of thiophene rings is 1. The van der Waals surface area contributed by atoms with Crippen LogP contribution in [0.25, 0.3) is 0 Å². The number of rotatable bonds is 5. The van der Waals surface area contributed by atoms with Crippen molar-refractivity contribution in [3.8, 4) is 0 Å². The minimum absolute atomic E-state index is 0.118. The van der Waals surface area contributed by atoms with Gasteiger partial charge >= 0.3 is 0 Å². The van der Waals surface area contributed by atoms with Crippen molar-refractivity contribution in [2.24, 2.45) is 0 Å². The zero-order valence-corrected chi connectivity index (χ0v) is 12.4. The van der Waals surface area contributed by atoms with E-state index >= 15 is 0 Å². The SMILES string of the molecule is CCNC(c1cccs1)c1c(Cl)cnn1C(C)C. The predicted octanol–water partition coefficient (Wildman–Crippen LogP) is 3.88. The number of nitrogens with one attached hydrogen (secondary N) is 1. The molecule has 3 nitrogen and oxygen atoms in total. The molecule has 0 radical (unpaired) electrons. The van der Waals surface area contributed by atoms with E-state index in [1.165, 1.54) is 4.88 Å². The van der Waals surface area contributed by atoms with E-state index in [0.29, 0.717) is 6.04 Å². The smallest absolute Gasteiger partial charge is 0.0857 e. The van der Waals surface area contributed by atoms with E-state index in [-0.39, 0.29) is 6.04 Å². The molecule has 0 aliphatic heterocycles. The second kappa shape index (κ2) is 5.87. The van der Waals surface area contributed by atoms with Gasteiger partial charge in [-0.05, 0) is 31.8 Å². The van der Waals surface area contributed by atoms with Gasteiger partial charge in [0.2, 0.25) is 0 Å². The van der Waals surface area contributed by atoms with Gasteiger partial charge < -0.3 is 5.32 Å². The average Bonchev–Trinajstić information content (AvgIpc) is 2.95. The Morgan fingerprint density at radius 1 is 1.50 bits per heavy atom. The fraction of sp³-hybridized carbons (Fsp3) is 0.462. The van der Waals surface area contributed by atoms with Gasteiger partial charge in [-0.25, -0.2) is 0 Å². The van der Waals surface area contributed by atoms with Crippen LogP contribution in [0.5, 0.6) is 0 Å². The molecule has 0 aliphatic rings. The molecule has 1 unspecified atom stereocenters. The average molecular weight is 284 g/mol. The van der Waals surface area contributed by atoms with Crippen LogP contribution in [0.2, 0.25) is 5.02 Å². The summed E-state index contributed by atoms with van der Waals surface area (Å²) in [5, 5.41) is 10.7. The van der Waals surface area contributed by atoms with Crippen LogP contribution in [-0.4, -0.2) is 16.3 Å². The minimum Gasteiger partial charge on any atom is -0.305 e. The van der Waals surface area contributed by atoms with Gasteiger partial charge in [0.1, 0.15) is 0 Å². The third-order valence-corrected chi connectivity index (χ3v) is 4.01. The maximum atomic E-state index is 6.32. The highest BCUT2D eigenvalue weighted by atomic mass is 35.5. The fourth-order valence-electron chi connectivity index (χ4n) is 2.02. The summed E-state index contributed by atoms with van der Waals surface area (Å²) in [5.74, 6) is 0. The zero-order chi connectivity index (χ0) is 13.1. The van der Waals surface area contributed by atoms with Crippen molar-refractivity contribution in [2.75, 3.05) is 6.54 Å². The Bertz CT molecular complexity index is 490. The van der Waals surface area contributed by atoms with Crippen molar-refractivity contribution < 1.29 is 0 Å². The van der Waals surface area contributed by atoms with Gasteiger partial charge in [0.15, 0.2) is 0 Å². The lowest BCUT2D eigenvalue weighted by Gasteiger charge is -2.20. The lowest BCUT2D eigenvalue weighted by Crippen LogP contribution is -2.25. The Kier molecular flexibility index (Phi) is 4.43. The largest absolute Gasteiger partial charge is 0.305 e. The number of halogens is 1. The molecule has 0 spiro atoms. The van der Waals surface area contributed by atoms with Crippen molar-refractivity contribution in [2.45, 2.75) is 32.9 Å². The fourth-order valence-corrected chi connectivity index (χ4v) is 3.07. The predicted molar refractivity (Wildman–Crippen MR) is 77.5 cm³/mol. The molecule has 2 heterocycles. The molecule has 0 saturated carbocycles. The first kappa shape index (κ1) is 13.6. The molecule has 1 N–H and O–H groups in total. The number of hydrogen-bond acceptors (Lipinski definition) is 3. The van der Waals surface area contributed by atoms with Gasteiger partial charge in [0.25, 0.3) is 0 Å². The Labute approximate surface area is 117 Å². The maximum absolute atomic E-state index is 6.32. The molecule has 98 valence electrons. The summed E-state index contributed by atoms with van der Waals surface area (Å²) in [6, 6.07) is 4.61. The van der Waals surface area contributed by atoms with Crippen molar-refractivity contribution in [1.82, 2.24) is 15.1 Å². The molecule has 1 atom stereocenters. The molecule has 0 bridgehead atoms. The number of nitrogens with zero attached hydrogens (tertiary/aromatic N) is 2. The van der Waals surface area contributed by atoms with Gasteiger partial charge in [-0.15, -0.1) is 11.3 Å². The Morgan fingerprint density at radius 3 is 2.83 bits per heavy atom. The van der Waals surface area contributed by atoms with Gasteiger partial charge in [-0.2, -0.15) is 5.10 Å². The standard InChI is InChI=1S/C13H18ClN3S/c1-4-15-12(11-6-5-7-18-11)13-10(14)8-16-17(13)9(2)3/h5-9,12,15H,4H2,1-3H3. The molecule has 5 heteroatoms. The summed E-state index contributed by atoms with van der Waals surface area (Å²) < 4.78 is 2.00. The topological polar surface area (TPSA) is 29.9 Å². The molecule has 0 aromatic carbocycles. The van der Waals surface area contributed by atoms with Crippen molar-refractivity contribution >= 4 is 22.9 Å². The van der Waals surface area contributed by atoms with E-state index in [9.17, 15) is 0 Å². The summed E-state index contributed by atoms with van der Waals surface area (Å²) in [4.78, 5) is 1.26. The Morgan fingerprint density at radius 2 is 2.28 bits per heavy atom. The molecule has 0 saturated heterocycles. The van der Waals surface area contributed by atoms with Gasteiger partial charge in [-0.3, -0.25) is 4.68 Å². The summed E-state index contributed by atoms with van der Waals surface area (Å²) in [6.45, 7) is 7.22. The van der Waals surface area contributed by atoms with Crippen LogP contribution in [0, 0.1) is 0 Å².